The number of carbonyl (C=O) groups excluding carboxylic acids is 2. The third-order valence-electron chi connectivity index (χ3n) is 6.13. The number of aromatic amines is 1. The Bertz CT molecular complexity index is 1340. The molecule has 164 valence electrons. The molecule has 2 amide bonds. The molecular weight excluding hydrogens is 410 g/mol. The third kappa shape index (κ3) is 3.94. The molecule has 5 heteroatoms. The number of nitrogens with one attached hydrogen (secondary N) is 1. The van der Waals surface area contributed by atoms with Gasteiger partial charge in [-0.2, -0.15) is 0 Å². The van der Waals surface area contributed by atoms with E-state index in [1.807, 2.05) is 97.0 Å². The first-order valence-electron chi connectivity index (χ1n) is 11.1. The SMILES string of the molecule is CN(Cc1ccccc1)C1=C(c2ccccc2)C(=O)N(CCc2c[nH]c3ccccc23)C1=O. The smallest absolute Gasteiger partial charge is 0.277 e. The van der Waals surface area contributed by atoms with Gasteiger partial charge in [0.2, 0.25) is 0 Å². The van der Waals surface area contributed by atoms with Crippen LogP contribution in [0.4, 0.5) is 0 Å². The quantitative estimate of drug-likeness (QED) is 0.431. The van der Waals surface area contributed by atoms with Gasteiger partial charge in [0.25, 0.3) is 11.8 Å². The van der Waals surface area contributed by atoms with E-state index in [1.165, 1.54) is 4.90 Å². The van der Waals surface area contributed by atoms with Crippen molar-refractivity contribution in [3.05, 3.63) is 114 Å². The van der Waals surface area contributed by atoms with E-state index in [2.05, 4.69) is 11.1 Å². The van der Waals surface area contributed by atoms with Crippen LogP contribution in [0.5, 0.6) is 0 Å². The highest BCUT2D eigenvalue weighted by molar-refractivity contribution is 6.35. The number of rotatable bonds is 7. The van der Waals surface area contributed by atoms with E-state index in [-0.39, 0.29) is 11.8 Å². The summed E-state index contributed by atoms with van der Waals surface area (Å²) in [6.45, 7) is 0.875. The summed E-state index contributed by atoms with van der Waals surface area (Å²) < 4.78 is 0. The summed E-state index contributed by atoms with van der Waals surface area (Å²) in [5.41, 5.74) is 4.92. The summed E-state index contributed by atoms with van der Waals surface area (Å²) in [5.74, 6) is -0.474. The van der Waals surface area contributed by atoms with E-state index in [1.54, 1.807) is 0 Å². The Morgan fingerprint density at radius 2 is 1.48 bits per heavy atom. The molecule has 0 aliphatic carbocycles. The fourth-order valence-electron chi connectivity index (χ4n) is 4.49. The zero-order valence-corrected chi connectivity index (χ0v) is 18.5. The van der Waals surface area contributed by atoms with Crippen molar-refractivity contribution in [2.24, 2.45) is 0 Å². The molecule has 0 spiro atoms. The highest BCUT2D eigenvalue weighted by atomic mass is 16.2. The lowest BCUT2D eigenvalue weighted by Crippen LogP contribution is -2.35. The monoisotopic (exact) mass is 435 g/mol. The molecule has 1 aliphatic heterocycles. The summed E-state index contributed by atoms with van der Waals surface area (Å²) in [4.78, 5) is 33.6. The molecule has 3 aromatic carbocycles. The van der Waals surface area contributed by atoms with Crippen molar-refractivity contribution in [2.45, 2.75) is 13.0 Å². The van der Waals surface area contributed by atoms with Gasteiger partial charge in [-0.05, 0) is 29.2 Å². The molecule has 0 atom stereocenters. The maximum atomic E-state index is 13.6. The second-order valence-corrected chi connectivity index (χ2v) is 8.30. The summed E-state index contributed by atoms with van der Waals surface area (Å²) >= 11 is 0. The molecule has 0 bridgehead atoms. The molecule has 1 N–H and O–H groups in total. The number of carbonyl (C=O) groups is 2. The molecule has 0 saturated carbocycles. The van der Waals surface area contributed by atoms with Gasteiger partial charge in [-0.15, -0.1) is 0 Å². The summed E-state index contributed by atoms with van der Waals surface area (Å²) in [6, 6.07) is 27.5. The standard InChI is InChI=1S/C28H25N3O2/c1-30(19-20-10-4-2-5-11-20)26-25(21-12-6-3-7-13-21)27(32)31(28(26)33)17-16-22-18-29-24-15-9-8-14-23(22)24/h2-15,18,29H,16-17,19H2,1H3. The third-order valence-corrected chi connectivity index (χ3v) is 6.13. The highest BCUT2D eigenvalue weighted by Gasteiger charge is 2.40. The van der Waals surface area contributed by atoms with E-state index in [9.17, 15) is 9.59 Å². The second-order valence-electron chi connectivity index (χ2n) is 8.30. The predicted molar refractivity (Wildman–Crippen MR) is 130 cm³/mol. The van der Waals surface area contributed by atoms with Crippen molar-refractivity contribution in [3.8, 4) is 0 Å². The van der Waals surface area contributed by atoms with Crippen LogP contribution in [0.3, 0.4) is 0 Å². The minimum absolute atomic E-state index is 0.235. The van der Waals surface area contributed by atoms with Crippen molar-refractivity contribution in [1.82, 2.24) is 14.8 Å². The topological polar surface area (TPSA) is 56.4 Å². The average molecular weight is 436 g/mol. The van der Waals surface area contributed by atoms with E-state index in [0.717, 1.165) is 27.6 Å². The number of amides is 2. The van der Waals surface area contributed by atoms with Crippen molar-refractivity contribution in [3.63, 3.8) is 0 Å². The Labute approximate surface area is 193 Å². The number of likely N-dealkylation sites (N-methyl/N-ethyl adjacent to an activating group) is 1. The normalized spacial score (nSPS) is 13.9. The van der Waals surface area contributed by atoms with Gasteiger partial charge in [-0.3, -0.25) is 14.5 Å². The Balaban J connectivity index is 1.45. The summed E-state index contributed by atoms with van der Waals surface area (Å²) in [6.07, 6.45) is 2.56. The van der Waals surface area contributed by atoms with Gasteiger partial charge in [0, 0.05) is 37.2 Å². The number of hydrogen-bond donors (Lipinski definition) is 1. The first-order valence-corrected chi connectivity index (χ1v) is 11.1. The number of aromatic nitrogens is 1. The number of nitrogens with zero attached hydrogens (tertiary/aromatic N) is 2. The Morgan fingerprint density at radius 1 is 0.818 bits per heavy atom. The lowest BCUT2D eigenvalue weighted by molar-refractivity contribution is -0.137. The lowest BCUT2D eigenvalue weighted by atomic mass is 10.0. The van der Waals surface area contributed by atoms with E-state index >= 15 is 0 Å². The minimum Gasteiger partial charge on any atom is -0.365 e. The van der Waals surface area contributed by atoms with Crippen LogP contribution in [0, 0.1) is 0 Å². The second kappa shape index (κ2) is 8.79. The molecule has 0 unspecified atom stereocenters. The first-order chi connectivity index (χ1) is 16.1. The van der Waals surface area contributed by atoms with Gasteiger partial charge >= 0.3 is 0 Å². The van der Waals surface area contributed by atoms with Crippen LogP contribution in [-0.2, 0) is 22.6 Å². The average Bonchev–Trinajstić information content (AvgIpc) is 3.37. The highest BCUT2D eigenvalue weighted by Crippen LogP contribution is 2.32. The lowest BCUT2D eigenvalue weighted by Gasteiger charge is -2.21. The number of imide groups is 1. The number of para-hydroxylation sites is 1. The van der Waals surface area contributed by atoms with Crippen molar-refractivity contribution in [1.29, 1.82) is 0 Å². The van der Waals surface area contributed by atoms with E-state index in [4.69, 9.17) is 0 Å². The molecule has 4 aromatic rings. The molecule has 5 nitrogen and oxygen atoms in total. The first kappa shape index (κ1) is 20.8. The number of fused-ring (bicyclic) bond motifs is 1. The van der Waals surface area contributed by atoms with Crippen molar-refractivity contribution < 1.29 is 9.59 Å². The van der Waals surface area contributed by atoms with Crippen LogP contribution >= 0.6 is 0 Å². The Hall–Kier alpha value is -4.12. The van der Waals surface area contributed by atoms with Crippen molar-refractivity contribution >= 4 is 28.3 Å². The molecule has 5 rings (SSSR count). The Kier molecular flexibility index (Phi) is 5.53. The van der Waals surface area contributed by atoms with Gasteiger partial charge in [-0.25, -0.2) is 0 Å². The maximum absolute atomic E-state index is 13.6. The van der Waals surface area contributed by atoms with Gasteiger partial charge in [-0.1, -0.05) is 78.9 Å². The molecule has 1 aliphatic rings. The van der Waals surface area contributed by atoms with Crippen LogP contribution in [-0.4, -0.2) is 40.2 Å². The van der Waals surface area contributed by atoms with E-state index < -0.39 is 0 Å². The summed E-state index contributed by atoms with van der Waals surface area (Å²) in [7, 11) is 1.87. The number of benzene rings is 3. The van der Waals surface area contributed by atoms with Crippen molar-refractivity contribution in [2.75, 3.05) is 13.6 Å². The Morgan fingerprint density at radius 3 is 2.24 bits per heavy atom. The molecular formula is C28H25N3O2. The van der Waals surface area contributed by atoms with Crippen LogP contribution in [0.2, 0.25) is 0 Å². The summed E-state index contributed by atoms with van der Waals surface area (Å²) in [5, 5.41) is 1.12. The van der Waals surface area contributed by atoms with Crippen LogP contribution in [0.1, 0.15) is 16.7 Å². The van der Waals surface area contributed by atoms with Gasteiger partial charge in [0.15, 0.2) is 0 Å². The minimum atomic E-state index is -0.239. The maximum Gasteiger partial charge on any atom is 0.277 e. The fraction of sp³-hybridized carbons (Fsp3) is 0.143. The van der Waals surface area contributed by atoms with Gasteiger partial charge < -0.3 is 9.88 Å². The number of hydrogen-bond acceptors (Lipinski definition) is 3. The zero-order valence-electron chi connectivity index (χ0n) is 18.5. The van der Waals surface area contributed by atoms with Gasteiger partial charge in [0.05, 0.1) is 5.57 Å². The molecule has 0 radical (unpaired) electrons. The molecule has 33 heavy (non-hydrogen) atoms. The van der Waals surface area contributed by atoms with Crippen LogP contribution in [0.15, 0.2) is 96.8 Å². The van der Waals surface area contributed by atoms with E-state index in [0.29, 0.717) is 30.8 Å². The van der Waals surface area contributed by atoms with Crippen LogP contribution < -0.4 is 0 Å². The predicted octanol–water partition coefficient (Wildman–Crippen LogP) is 4.62. The van der Waals surface area contributed by atoms with Gasteiger partial charge in [0.1, 0.15) is 5.70 Å². The number of H-pyrrole nitrogens is 1. The zero-order chi connectivity index (χ0) is 22.8. The largest absolute Gasteiger partial charge is 0.365 e. The fourth-order valence-corrected chi connectivity index (χ4v) is 4.49. The molecule has 2 heterocycles. The molecule has 1 aromatic heterocycles. The molecule has 0 fully saturated rings. The van der Waals surface area contributed by atoms with Crippen LogP contribution in [0.25, 0.3) is 16.5 Å². The molecule has 0 saturated heterocycles.